The quantitative estimate of drug-likeness (QED) is 0.247. The van der Waals surface area contributed by atoms with E-state index in [0.717, 1.165) is 5.56 Å². The molecule has 13 nitrogen and oxygen atoms in total. The zero-order chi connectivity index (χ0) is 29.2. The van der Waals surface area contributed by atoms with Gasteiger partial charge in [0.25, 0.3) is 5.91 Å². The Morgan fingerprint density at radius 1 is 1.02 bits per heavy atom. The largest absolute Gasteiger partial charge is 0.459 e. The molecule has 3 amide bonds. The third kappa shape index (κ3) is 5.33. The van der Waals surface area contributed by atoms with Crippen molar-refractivity contribution in [1.29, 1.82) is 5.41 Å². The lowest BCUT2D eigenvalue weighted by Gasteiger charge is -2.29. The summed E-state index contributed by atoms with van der Waals surface area (Å²) in [6, 6.07) is 13.3. The maximum Gasteiger partial charge on any atom is 0.329 e. The van der Waals surface area contributed by atoms with Crippen LogP contribution >= 0.6 is 0 Å². The van der Waals surface area contributed by atoms with Crippen LogP contribution in [0.25, 0.3) is 11.4 Å². The first-order valence-corrected chi connectivity index (χ1v) is 13.7. The first-order valence-electron chi connectivity index (χ1n) is 13.7. The van der Waals surface area contributed by atoms with Gasteiger partial charge in [-0.1, -0.05) is 0 Å². The van der Waals surface area contributed by atoms with Crippen LogP contribution in [-0.2, 0) is 14.3 Å². The predicted molar refractivity (Wildman–Crippen MR) is 156 cm³/mol. The van der Waals surface area contributed by atoms with E-state index in [4.69, 9.17) is 24.9 Å². The molecule has 1 aromatic heterocycles. The number of ether oxygens (including phenoxy) is 2. The second-order valence-electron chi connectivity index (χ2n) is 10.1. The predicted octanol–water partition coefficient (Wildman–Crippen LogP) is 2.61. The normalized spacial score (nSPS) is 19.3. The highest BCUT2D eigenvalue weighted by molar-refractivity contribution is 5.98. The van der Waals surface area contributed by atoms with Gasteiger partial charge in [0.05, 0.1) is 25.3 Å². The first-order chi connectivity index (χ1) is 20.4. The van der Waals surface area contributed by atoms with Crippen LogP contribution in [0.3, 0.4) is 0 Å². The molecule has 3 saturated heterocycles. The number of rotatable bonds is 7. The van der Waals surface area contributed by atoms with Crippen LogP contribution in [0.1, 0.15) is 22.3 Å². The standard InChI is InChI=1S/C29H30N8O5/c1-31-29(40)33-20-6-2-17(3-7-20)24-34-25(22(15-30)26(35-24)36-10-12-41-13-11-36)32-19-8-4-18(5-9-19)27(38)37-16-21-14-23(37)28(39)42-21/h2-9,15,21,23,30H,10-14,16H2,1H3,(H2,31,33,40)(H,32,34,35). The van der Waals surface area contributed by atoms with Gasteiger partial charge in [-0.15, -0.1) is 0 Å². The number of morpholine rings is 2. The van der Waals surface area contributed by atoms with Gasteiger partial charge in [0, 0.05) is 55.3 Å². The molecule has 6 rings (SSSR count). The second-order valence-corrected chi connectivity index (χ2v) is 10.1. The number of urea groups is 1. The van der Waals surface area contributed by atoms with Crippen molar-refractivity contribution in [1.82, 2.24) is 20.2 Å². The summed E-state index contributed by atoms with van der Waals surface area (Å²) in [5.41, 5.74) is 3.00. The molecule has 3 aliphatic heterocycles. The van der Waals surface area contributed by atoms with Crippen LogP contribution in [0.5, 0.6) is 0 Å². The van der Waals surface area contributed by atoms with Crippen molar-refractivity contribution in [3.63, 3.8) is 0 Å². The number of carbonyl (C=O) groups is 3. The fourth-order valence-corrected chi connectivity index (χ4v) is 5.30. The van der Waals surface area contributed by atoms with Crippen LogP contribution in [0.15, 0.2) is 48.5 Å². The van der Waals surface area contributed by atoms with Crippen LogP contribution < -0.4 is 20.9 Å². The molecular formula is C29H30N8O5. The Hall–Kier alpha value is -5.04. The number of hydrogen-bond acceptors (Lipinski definition) is 10. The minimum atomic E-state index is -0.512. The van der Waals surface area contributed by atoms with Gasteiger partial charge in [-0.25, -0.2) is 19.6 Å². The maximum atomic E-state index is 13.1. The summed E-state index contributed by atoms with van der Waals surface area (Å²) in [6.07, 6.45) is 1.56. The molecule has 0 aliphatic carbocycles. The highest BCUT2D eigenvalue weighted by Crippen LogP contribution is 2.32. The van der Waals surface area contributed by atoms with Crippen LogP contribution in [0.4, 0.5) is 27.8 Å². The zero-order valence-corrected chi connectivity index (χ0v) is 22.9. The molecule has 3 aliphatic rings. The maximum absolute atomic E-state index is 13.1. The number of nitrogens with zero attached hydrogens (tertiary/aromatic N) is 4. The molecular weight excluding hydrogens is 540 g/mol. The molecule has 2 bridgehead atoms. The number of likely N-dealkylation sites (tertiary alicyclic amines) is 1. The molecule has 4 heterocycles. The molecule has 2 aromatic carbocycles. The molecule has 2 atom stereocenters. The van der Waals surface area contributed by atoms with Crippen LogP contribution in [0, 0.1) is 5.41 Å². The van der Waals surface area contributed by atoms with Gasteiger partial charge in [-0.05, 0) is 48.5 Å². The van der Waals surface area contributed by atoms with E-state index < -0.39 is 6.04 Å². The second kappa shape index (κ2) is 11.4. The first kappa shape index (κ1) is 27.1. The molecule has 4 N–H and O–H groups in total. The lowest BCUT2D eigenvalue weighted by molar-refractivity contribution is -0.149. The summed E-state index contributed by atoms with van der Waals surface area (Å²) in [5, 5.41) is 16.8. The fourth-order valence-electron chi connectivity index (χ4n) is 5.30. The minimum Gasteiger partial charge on any atom is -0.459 e. The Morgan fingerprint density at radius 3 is 2.38 bits per heavy atom. The Morgan fingerprint density at radius 2 is 1.74 bits per heavy atom. The average Bonchev–Trinajstić information content (AvgIpc) is 3.61. The number of nitrogens with one attached hydrogen (secondary N) is 4. The Balaban J connectivity index is 1.29. The lowest BCUT2D eigenvalue weighted by atomic mass is 10.1. The van der Waals surface area contributed by atoms with Gasteiger partial charge < -0.3 is 40.6 Å². The molecule has 0 saturated carbocycles. The van der Waals surface area contributed by atoms with Crippen molar-refractivity contribution >= 4 is 47.1 Å². The van der Waals surface area contributed by atoms with E-state index in [1.807, 2.05) is 12.1 Å². The molecule has 2 unspecified atom stereocenters. The van der Waals surface area contributed by atoms with Crippen molar-refractivity contribution < 1.29 is 23.9 Å². The van der Waals surface area contributed by atoms with E-state index >= 15 is 0 Å². The SMILES string of the molecule is CNC(=O)Nc1ccc(-c2nc(Nc3ccc(C(=O)N4CC5CC4C(=O)O5)cc3)c(C=N)c(N3CCOCC3)n2)cc1. The Labute approximate surface area is 241 Å². The molecule has 0 radical (unpaired) electrons. The van der Waals surface area contributed by atoms with Gasteiger partial charge in [-0.3, -0.25) is 4.79 Å². The molecule has 0 spiro atoms. The fraction of sp³-hybridized carbons (Fsp3) is 0.310. The summed E-state index contributed by atoms with van der Waals surface area (Å²) in [6.45, 7) is 2.74. The van der Waals surface area contributed by atoms with E-state index in [1.54, 1.807) is 48.3 Å². The molecule has 42 heavy (non-hydrogen) atoms. The third-order valence-electron chi connectivity index (χ3n) is 7.48. The highest BCUT2D eigenvalue weighted by Gasteiger charge is 2.48. The van der Waals surface area contributed by atoms with Gasteiger partial charge in [0.1, 0.15) is 23.8 Å². The number of aromatic nitrogens is 2. The van der Waals surface area contributed by atoms with E-state index in [9.17, 15) is 14.4 Å². The van der Waals surface area contributed by atoms with E-state index in [2.05, 4.69) is 20.9 Å². The third-order valence-corrected chi connectivity index (χ3v) is 7.48. The highest BCUT2D eigenvalue weighted by atomic mass is 16.6. The summed E-state index contributed by atoms with van der Waals surface area (Å²) < 4.78 is 10.7. The number of anilines is 4. The summed E-state index contributed by atoms with van der Waals surface area (Å²) in [5.74, 6) is 0.932. The van der Waals surface area contributed by atoms with Crippen LogP contribution in [0.2, 0.25) is 0 Å². The van der Waals surface area contributed by atoms with Gasteiger partial charge >= 0.3 is 12.0 Å². The molecule has 3 aromatic rings. The molecule has 13 heteroatoms. The summed E-state index contributed by atoms with van der Waals surface area (Å²) in [4.78, 5) is 50.0. The van der Waals surface area contributed by atoms with Gasteiger partial charge in [-0.2, -0.15) is 0 Å². The molecule has 3 fully saturated rings. The number of carbonyl (C=O) groups excluding carboxylic acids is 3. The smallest absolute Gasteiger partial charge is 0.329 e. The van der Waals surface area contributed by atoms with Crippen LogP contribution in [-0.4, -0.2) is 91.0 Å². The van der Waals surface area contributed by atoms with Crippen molar-refractivity contribution in [2.24, 2.45) is 0 Å². The summed E-state index contributed by atoms with van der Waals surface area (Å²) >= 11 is 0. The Kier molecular flexibility index (Phi) is 7.40. The molecule has 216 valence electrons. The van der Waals surface area contributed by atoms with Crippen molar-refractivity contribution in [2.45, 2.75) is 18.6 Å². The van der Waals surface area contributed by atoms with Crippen molar-refractivity contribution in [3.05, 3.63) is 59.7 Å². The van der Waals surface area contributed by atoms with Gasteiger partial charge in [0.2, 0.25) is 0 Å². The zero-order valence-electron chi connectivity index (χ0n) is 22.9. The lowest BCUT2D eigenvalue weighted by Crippen LogP contribution is -2.44. The number of amides is 3. The summed E-state index contributed by atoms with van der Waals surface area (Å²) in [7, 11) is 1.55. The topological polar surface area (TPSA) is 162 Å². The number of esters is 1. The van der Waals surface area contributed by atoms with Gasteiger partial charge in [0.15, 0.2) is 5.82 Å². The van der Waals surface area contributed by atoms with Crippen molar-refractivity contribution in [3.8, 4) is 11.4 Å². The number of benzene rings is 2. The van der Waals surface area contributed by atoms with E-state index in [-0.39, 0.29) is 24.0 Å². The van der Waals surface area contributed by atoms with E-state index in [0.29, 0.717) is 79.2 Å². The number of fused-ring (bicyclic) bond motifs is 2. The minimum absolute atomic E-state index is 0.209. The van der Waals surface area contributed by atoms with E-state index in [1.165, 1.54) is 6.21 Å². The average molecular weight is 571 g/mol. The number of hydrogen-bond donors (Lipinski definition) is 4. The Bertz CT molecular complexity index is 1520. The monoisotopic (exact) mass is 570 g/mol. The van der Waals surface area contributed by atoms with Crippen molar-refractivity contribution in [2.75, 3.05) is 55.4 Å².